The van der Waals surface area contributed by atoms with Gasteiger partial charge in [-0.2, -0.15) is 0 Å². The van der Waals surface area contributed by atoms with Crippen LogP contribution in [0.15, 0.2) is 24.3 Å². The molecule has 0 atom stereocenters. The highest BCUT2D eigenvalue weighted by Gasteiger charge is 2.25. The zero-order valence-electron chi connectivity index (χ0n) is 17.8. The number of aryl methyl sites for hydroxylation is 1. The van der Waals surface area contributed by atoms with Gasteiger partial charge in [0.1, 0.15) is 5.69 Å². The summed E-state index contributed by atoms with van der Waals surface area (Å²) in [5.41, 5.74) is 2.54. The molecule has 0 aliphatic rings. The molecule has 0 spiro atoms. The number of rotatable bonds is 8. The second-order valence-corrected chi connectivity index (χ2v) is 7.19. The van der Waals surface area contributed by atoms with Crippen LogP contribution in [0, 0.1) is 13.8 Å². The molecule has 2 aromatic rings. The fraction of sp³-hybridized carbons (Fsp3) is 0.364. The van der Waals surface area contributed by atoms with Crippen molar-refractivity contribution in [3.63, 3.8) is 0 Å². The van der Waals surface area contributed by atoms with Gasteiger partial charge in [0.2, 0.25) is 5.91 Å². The van der Waals surface area contributed by atoms with E-state index in [0.717, 1.165) is 5.56 Å². The van der Waals surface area contributed by atoms with E-state index in [9.17, 15) is 19.2 Å². The molecule has 2 N–H and O–H groups in total. The molecule has 0 fully saturated rings. The molecule has 0 radical (unpaired) electrons. The first-order chi connectivity index (χ1) is 14.1. The Bertz CT molecular complexity index is 957. The van der Waals surface area contributed by atoms with Gasteiger partial charge < -0.3 is 19.8 Å². The smallest absolute Gasteiger partial charge is 0.355 e. The van der Waals surface area contributed by atoms with Crippen LogP contribution in [0.3, 0.4) is 0 Å². The molecule has 1 aromatic heterocycles. The number of ether oxygens (including phenoxy) is 2. The van der Waals surface area contributed by atoms with Crippen molar-refractivity contribution in [2.24, 2.45) is 0 Å². The lowest BCUT2D eigenvalue weighted by Gasteiger charge is -2.08. The highest BCUT2D eigenvalue weighted by Crippen LogP contribution is 2.20. The molecule has 1 aromatic carbocycles. The maximum Gasteiger partial charge on any atom is 0.355 e. The van der Waals surface area contributed by atoms with Gasteiger partial charge in [-0.05, 0) is 38.8 Å². The highest BCUT2D eigenvalue weighted by molar-refractivity contribution is 6.01. The fourth-order valence-electron chi connectivity index (χ4n) is 2.85. The van der Waals surface area contributed by atoms with Gasteiger partial charge in [-0.1, -0.05) is 24.3 Å². The number of aromatic nitrogens is 1. The topological polar surface area (TPSA) is 115 Å². The minimum absolute atomic E-state index is 0.113. The molecule has 8 nitrogen and oxygen atoms in total. The van der Waals surface area contributed by atoms with E-state index >= 15 is 0 Å². The van der Waals surface area contributed by atoms with E-state index in [2.05, 4.69) is 10.3 Å². The van der Waals surface area contributed by atoms with Crippen molar-refractivity contribution in [1.82, 2.24) is 10.3 Å². The normalized spacial score (nSPS) is 10.6. The van der Waals surface area contributed by atoms with Crippen molar-refractivity contribution in [2.75, 3.05) is 6.61 Å². The number of nitrogens with one attached hydrogen (secondary N) is 2. The minimum Gasteiger partial charge on any atom is -0.459 e. The minimum atomic E-state index is -0.727. The second kappa shape index (κ2) is 9.87. The third kappa shape index (κ3) is 5.79. The Labute approximate surface area is 175 Å². The molecular formula is C22H26N2O6. The summed E-state index contributed by atoms with van der Waals surface area (Å²) in [6, 6.07) is 6.65. The summed E-state index contributed by atoms with van der Waals surface area (Å²) in [6.07, 6.45) is -0.288. The lowest BCUT2D eigenvalue weighted by Crippen LogP contribution is -2.19. The van der Waals surface area contributed by atoms with E-state index < -0.39 is 18.5 Å². The summed E-state index contributed by atoms with van der Waals surface area (Å²) in [5.74, 6) is -1.76. The number of ketones is 1. The molecule has 2 rings (SSSR count). The number of amides is 1. The van der Waals surface area contributed by atoms with Crippen LogP contribution >= 0.6 is 0 Å². The number of hydrogen-bond acceptors (Lipinski definition) is 6. The predicted octanol–water partition coefficient (Wildman–Crippen LogP) is 2.87. The van der Waals surface area contributed by atoms with Crippen molar-refractivity contribution in [3.05, 3.63) is 57.9 Å². The van der Waals surface area contributed by atoms with Gasteiger partial charge in [0, 0.05) is 24.7 Å². The molecule has 160 valence electrons. The Morgan fingerprint density at radius 1 is 1.03 bits per heavy atom. The van der Waals surface area contributed by atoms with Gasteiger partial charge >= 0.3 is 11.9 Å². The quantitative estimate of drug-likeness (QED) is 0.507. The summed E-state index contributed by atoms with van der Waals surface area (Å²) in [7, 11) is 0. The number of esters is 2. The molecule has 1 amide bonds. The Balaban J connectivity index is 2.01. The van der Waals surface area contributed by atoms with Gasteiger partial charge in [0.25, 0.3) is 0 Å². The van der Waals surface area contributed by atoms with Crippen LogP contribution in [0.4, 0.5) is 0 Å². The third-order valence-electron chi connectivity index (χ3n) is 4.34. The standard InChI is InChI=1S/C22H26N2O6/c1-12(2)30-21(27)19-13(3)20(24-14(19)4)22(28)29-11-18(26)17-8-6-16(7-9-17)10-23-15(5)25/h6-9,12,24H,10-11H2,1-5H3,(H,23,25). The molecule has 0 aliphatic carbocycles. The van der Waals surface area contributed by atoms with Crippen LogP contribution in [0.5, 0.6) is 0 Å². The van der Waals surface area contributed by atoms with Crippen LogP contribution < -0.4 is 5.32 Å². The van der Waals surface area contributed by atoms with Gasteiger partial charge in [0.15, 0.2) is 12.4 Å². The first kappa shape index (κ1) is 22.9. The van der Waals surface area contributed by atoms with Crippen LogP contribution in [0.1, 0.15) is 68.8 Å². The average molecular weight is 414 g/mol. The summed E-state index contributed by atoms with van der Waals surface area (Å²) in [5, 5.41) is 2.67. The summed E-state index contributed by atoms with van der Waals surface area (Å²) in [6.45, 7) is 8.11. The van der Waals surface area contributed by atoms with E-state index in [-0.39, 0.29) is 29.1 Å². The Kier molecular flexibility index (Phi) is 7.52. The fourth-order valence-corrected chi connectivity index (χ4v) is 2.85. The maximum atomic E-state index is 12.4. The molecule has 0 bridgehead atoms. The lowest BCUT2D eigenvalue weighted by atomic mass is 10.1. The lowest BCUT2D eigenvalue weighted by molar-refractivity contribution is -0.119. The SMILES string of the molecule is CC(=O)NCc1ccc(C(=O)COC(=O)c2[nH]c(C)c(C(=O)OC(C)C)c2C)cc1. The first-order valence-electron chi connectivity index (χ1n) is 9.54. The molecule has 30 heavy (non-hydrogen) atoms. The maximum absolute atomic E-state index is 12.4. The molecule has 0 unspecified atom stereocenters. The van der Waals surface area contributed by atoms with E-state index in [4.69, 9.17) is 9.47 Å². The molecule has 0 aliphatic heterocycles. The largest absolute Gasteiger partial charge is 0.459 e. The van der Waals surface area contributed by atoms with Crippen molar-refractivity contribution in [1.29, 1.82) is 0 Å². The number of carbonyl (C=O) groups excluding carboxylic acids is 4. The summed E-state index contributed by atoms with van der Waals surface area (Å²) >= 11 is 0. The van der Waals surface area contributed by atoms with Gasteiger partial charge in [-0.15, -0.1) is 0 Å². The Hall–Kier alpha value is -3.42. The molecular weight excluding hydrogens is 388 g/mol. The molecule has 0 saturated heterocycles. The first-order valence-corrected chi connectivity index (χ1v) is 9.54. The van der Waals surface area contributed by atoms with E-state index in [1.807, 2.05) is 0 Å². The second-order valence-electron chi connectivity index (χ2n) is 7.19. The zero-order chi connectivity index (χ0) is 22.4. The average Bonchev–Trinajstić information content (AvgIpc) is 2.98. The third-order valence-corrected chi connectivity index (χ3v) is 4.34. The Morgan fingerprint density at radius 2 is 1.67 bits per heavy atom. The van der Waals surface area contributed by atoms with Crippen LogP contribution in [0.25, 0.3) is 0 Å². The highest BCUT2D eigenvalue weighted by atomic mass is 16.5. The van der Waals surface area contributed by atoms with E-state index in [1.54, 1.807) is 52.0 Å². The molecule has 8 heteroatoms. The zero-order valence-corrected chi connectivity index (χ0v) is 17.8. The number of carbonyl (C=O) groups is 4. The van der Waals surface area contributed by atoms with E-state index in [0.29, 0.717) is 23.4 Å². The van der Waals surface area contributed by atoms with Gasteiger partial charge in [0.05, 0.1) is 11.7 Å². The number of hydrogen-bond donors (Lipinski definition) is 2. The van der Waals surface area contributed by atoms with Gasteiger partial charge in [-0.3, -0.25) is 9.59 Å². The van der Waals surface area contributed by atoms with Crippen LogP contribution in [-0.4, -0.2) is 41.3 Å². The monoisotopic (exact) mass is 414 g/mol. The summed E-state index contributed by atoms with van der Waals surface area (Å²) in [4.78, 5) is 50.7. The van der Waals surface area contributed by atoms with Crippen molar-refractivity contribution >= 4 is 23.6 Å². The van der Waals surface area contributed by atoms with Crippen molar-refractivity contribution in [3.8, 4) is 0 Å². The number of H-pyrrole nitrogens is 1. The van der Waals surface area contributed by atoms with Crippen LogP contribution in [0.2, 0.25) is 0 Å². The number of aromatic amines is 1. The Morgan fingerprint density at radius 3 is 2.23 bits per heavy atom. The van der Waals surface area contributed by atoms with Crippen molar-refractivity contribution < 1.29 is 28.7 Å². The molecule has 0 saturated carbocycles. The predicted molar refractivity (Wildman–Crippen MR) is 109 cm³/mol. The van der Waals surface area contributed by atoms with Crippen LogP contribution in [-0.2, 0) is 20.8 Å². The van der Waals surface area contributed by atoms with E-state index in [1.165, 1.54) is 6.92 Å². The summed E-state index contributed by atoms with van der Waals surface area (Å²) < 4.78 is 10.3. The van der Waals surface area contributed by atoms with Crippen molar-refractivity contribution in [2.45, 2.75) is 47.3 Å². The number of Topliss-reactive ketones (excluding diaryl/α,β-unsaturated/α-hetero) is 1. The molecule has 1 heterocycles. The van der Waals surface area contributed by atoms with Gasteiger partial charge in [-0.25, -0.2) is 9.59 Å². The number of benzene rings is 1.